The second-order valence-electron chi connectivity index (χ2n) is 8.02. The molecular formula is C21H18F2N6O2. The molecule has 1 fully saturated rings. The van der Waals surface area contributed by atoms with E-state index in [1.165, 1.54) is 16.8 Å². The molecule has 10 heteroatoms. The lowest BCUT2D eigenvalue weighted by molar-refractivity contribution is 0.0531. The number of nitrogens with zero attached hydrogens (tertiary/aromatic N) is 6. The minimum Gasteiger partial charge on any atom is -0.461 e. The van der Waals surface area contributed by atoms with Crippen LogP contribution in [0.3, 0.4) is 0 Å². The van der Waals surface area contributed by atoms with Crippen LogP contribution >= 0.6 is 0 Å². The quantitative estimate of drug-likeness (QED) is 0.503. The molecule has 0 spiro atoms. The standard InChI is InChI=1S/C21H18F2N6O2/c22-13-7-12(8-14(23)9-13)17-1-2-19-26-29(21(30)28(17)19)15-10-16(11-15)31-20-25-4-3-18-24-5-6-27(18)20/h3-9,15-17H,1-2,10-11H2/t15?,16?,17-/m0/s1. The van der Waals surface area contributed by atoms with E-state index in [9.17, 15) is 13.6 Å². The third kappa shape index (κ3) is 2.93. The van der Waals surface area contributed by atoms with E-state index in [1.54, 1.807) is 33.6 Å². The minimum absolute atomic E-state index is 0.0810. The van der Waals surface area contributed by atoms with E-state index in [0.29, 0.717) is 43.1 Å². The number of hydrogen-bond acceptors (Lipinski definition) is 5. The summed E-state index contributed by atoms with van der Waals surface area (Å²) in [5, 5.41) is 4.51. The molecule has 1 atom stereocenters. The molecule has 1 saturated carbocycles. The summed E-state index contributed by atoms with van der Waals surface area (Å²) in [5.41, 5.74) is 0.954. The zero-order valence-corrected chi connectivity index (χ0v) is 16.4. The Kier molecular flexibility index (Phi) is 3.95. The monoisotopic (exact) mass is 424 g/mol. The van der Waals surface area contributed by atoms with Gasteiger partial charge in [0.25, 0.3) is 0 Å². The molecule has 1 aromatic carbocycles. The Labute approximate surface area is 174 Å². The average Bonchev–Trinajstić information content (AvgIpc) is 3.40. The molecule has 6 rings (SSSR count). The zero-order chi connectivity index (χ0) is 21.1. The molecule has 3 aromatic heterocycles. The number of rotatable bonds is 4. The number of aromatic nitrogens is 6. The molecule has 0 amide bonds. The van der Waals surface area contributed by atoms with Gasteiger partial charge in [0, 0.05) is 43.9 Å². The third-order valence-electron chi connectivity index (χ3n) is 6.10. The first-order valence-electron chi connectivity index (χ1n) is 10.2. The van der Waals surface area contributed by atoms with Gasteiger partial charge in [0.05, 0.1) is 12.1 Å². The molecule has 0 saturated heterocycles. The van der Waals surface area contributed by atoms with E-state index in [4.69, 9.17) is 4.74 Å². The largest absolute Gasteiger partial charge is 0.461 e. The highest BCUT2D eigenvalue weighted by atomic mass is 19.1. The predicted molar refractivity (Wildman–Crippen MR) is 105 cm³/mol. The Bertz CT molecular complexity index is 1330. The van der Waals surface area contributed by atoms with Crippen LogP contribution in [0, 0.1) is 11.6 Å². The molecule has 0 N–H and O–H groups in total. The second kappa shape index (κ2) is 6.73. The molecule has 0 unspecified atom stereocenters. The topological polar surface area (TPSA) is 79.2 Å². The predicted octanol–water partition coefficient (Wildman–Crippen LogP) is 2.68. The molecule has 1 aliphatic heterocycles. The Balaban J connectivity index is 1.21. The van der Waals surface area contributed by atoms with Crippen molar-refractivity contribution in [1.82, 2.24) is 28.7 Å². The number of fused-ring (bicyclic) bond motifs is 2. The van der Waals surface area contributed by atoms with E-state index < -0.39 is 17.7 Å². The van der Waals surface area contributed by atoms with E-state index in [1.807, 2.05) is 0 Å². The van der Waals surface area contributed by atoms with Gasteiger partial charge in [0.15, 0.2) is 0 Å². The van der Waals surface area contributed by atoms with E-state index in [-0.39, 0.29) is 17.8 Å². The van der Waals surface area contributed by atoms with Crippen LogP contribution in [0.25, 0.3) is 5.65 Å². The fourth-order valence-corrected chi connectivity index (χ4v) is 4.54. The van der Waals surface area contributed by atoms with Crippen LogP contribution in [0.15, 0.2) is 47.7 Å². The van der Waals surface area contributed by atoms with E-state index >= 15 is 0 Å². The molecule has 4 heterocycles. The van der Waals surface area contributed by atoms with Crippen LogP contribution in [-0.4, -0.2) is 34.8 Å². The SMILES string of the molecule is O=c1n(C2CC(Oc3nccc4nccn34)C2)nc2n1[C@H](c1cc(F)cc(F)c1)CC2. The molecule has 4 aromatic rings. The van der Waals surface area contributed by atoms with Gasteiger partial charge in [-0.2, -0.15) is 5.10 Å². The lowest BCUT2D eigenvalue weighted by atomic mass is 9.89. The summed E-state index contributed by atoms with van der Waals surface area (Å²) < 4.78 is 38.2. The molecule has 2 aliphatic rings. The van der Waals surface area contributed by atoms with Crippen LogP contribution in [0.4, 0.5) is 8.78 Å². The maximum atomic E-state index is 13.7. The number of ether oxygens (including phenoxy) is 1. The summed E-state index contributed by atoms with van der Waals surface area (Å²) in [4.78, 5) is 21.5. The molecule has 31 heavy (non-hydrogen) atoms. The van der Waals surface area contributed by atoms with Crippen molar-refractivity contribution in [2.75, 3.05) is 0 Å². The lowest BCUT2D eigenvalue weighted by Gasteiger charge is -2.34. The van der Waals surface area contributed by atoms with Gasteiger partial charge in [-0.3, -0.25) is 8.97 Å². The van der Waals surface area contributed by atoms with Crippen LogP contribution < -0.4 is 10.4 Å². The van der Waals surface area contributed by atoms with Crippen molar-refractivity contribution in [3.8, 4) is 6.01 Å². The van der Waals surface area contributed by atoms with Gasteiger partial charge in [0.2, 0.25) is 0 Å². The first-order chi connectivity index (χ1) is 15.1. The maximum absolute atomic E-state index is 13.7. The van der Waals surface area contributed by atoms with Gasteiger partial charge >= 0.3 is 11.7 Å². The van der Waals surface area contributed by atoms with Gasteiger partial charge in [-0.15, -0.1) is 0 Å². The zero-order valence-electron chi connectivity index (χ0n) is 16.4. The molecule has 8 nitrogen and oxygen atoms in total. The average molecular weight is 424 g/mol. The molecule has 0 bridgehead atoms. The van der Waals surface area contributed by atoms with Crippen molar-refractivity contribution in [2.45, 2.75) is 43.9 Å². The first kappa shape index (κ1) is 18.2. The number of hydrogen-bond donors (Lipinski definition) is 0. The van der Waals surface area contributed by atoms with Crippen molar-refractivity contribution < 1.29 is 13.5 Å². The summed E-state index contributed by atoms with van der Waals surface area (Å²) in [6.45, 7) is 0. The summed E-state index contributed by atoms with van der Waals surface area (Å²) in [6.07, 6.45) is 7.47. The van der Waals surface area contributed by atoms with E-state index in [2.05, 4.69) is 15.1 Å². The fourth-order valence-electron chi connectivity index (χ4n) is 4.54. The highest BCUT2D eigenvalue weighted by molar-refractivity contribution is 5.38. The second-order valence-corrected chi connectivity index (χ2v) is 8.02. The minimum atomic E-state index is -0.649. The smallest absolute Gasteiger partial charge is 0.346 e. The highest BCUT2D eigenvalue weighted by Crippen LogP contribution is 2.36. The normalized spacial score (nSPS) is 22.5. The Morgan fingerprint density at radius 3 is 2.68 bits per heavy atom. The Morgan fingerprint density at radius 1 is 1.06 bits per heavy atom. The van der Waals surface area contributed by atoms with Crippen LogP contribution in [0.5, 0.6) is 6.01 Å². The summed E-state index contributed by atoms with van der Waals surface area (Å²) >= 11 is 0. The number of aryl methyl sites for hydroxylation is 1. The number of halogens is 2. The van der Waals surface area contributed by atoms with Crippen molar-refractivity contribution in [1.29, 1.82) is 0 Å². The summed E-state index contributed by atoms with van der Waals surface area (Å²) in [5.74, 6) is -0.650. The Morgan fingerprint density at radius 2 is 1.87 bits per heavy atom. The van der Waals surface area contributed by atoms with Gasteiger partial charge < -0.3 is 4.74 Å². The highest BCUT2D eigenvalue weighted by Gasteiger charge is 2.38. The van der Waals surface area contributed by atoms with Gasteiger partial charge in [-0.1, -0.05) is 0 Å². The summed E-state index contributed by atoms with van der Waals surface area (Å²) in [6, 6.07) is 5.17. The van der Waals surface area contributed by atoms with Gasteiger partial charge in [-0.25, -0.2) is 28.2 Å². The molecular weight excluding hydrogens is 406 g/mol. The number of benzene rings is 1. The molecule has 158 valence electrons. The van der Waals surface area contributed by atoms with E-state index in [0.717, 1.165) is 11.7 Å². The summed E-state index contributed by atoms with van der Waals surface area (Å²) in [7, 11) is 0. The van der Waals surface area contributed by atoms with Gasteiger partial charge in [-0.05, 0) is 30.2 Å². The third-order valence-corrected chi connectivity index (χ3v) is 6.10. The maximum Gasteiger partial charge on any atom is 0.346 e. The van der Waals surface area contributed by atoms with Crippen LogP contribution in [-0.2, 0) is 6.42 Å². The number of imidazole rings is 1. The van der Waals surface area contributed by atoms with Crippen LogP contribution in [0.2, 0.25) is 0 Å². The first-order valence-corrected chi connectivity index (χ1v) is 10.2. The molecule has 1 aliphatic carbocycles. The Hall–Kier alpha value is -3.56. The fraction of sp³-hybridized carbons (Fsp3) is 0.333. The molecule has 0 radical (unpaired) electrons. The van der Waals surface area contributed by atoms with Crippen LogP contribution in [0.1, 0.15) is 42.7 Å². The van der Waals surface area contributed by atoms with Crippen molar-refractivity contribution in [2.24, 2.45) is 0 Å². The lowest BCUT2D eigenvalue weighted by Crippen LogP contribution is -2.41. The van der Waals surface area contributed by atoms with Gasteiger partial charge in [0.1, 0.15) is 29.2 Å². The van der Waals surface area contributed by atoms with Crippen molar-refractivity contribution in [3.05, 3.63) is 76.4 Å². The van der Waals surface area contributed by atoms with Crippen molar-refractivity contribution >= 4 is 5.65 Å². The van der Waals surface area contributed by atoms with Crippen molar-refractivity contribution in [3.63, 3.8) is 0 Å².